The Kier molecular flexibility index (Phi) is 4.43. The van der Waals surface area contributed by atoms with Crippen molar-refractivity contribution < 1.29 is 9.63 Å². The Morgan fingerprint density at radius 2 is 2.10 bits per heavy atom. The topological polar surface area (TPSA) is 59.2 Å². The molecule has 1 saturated carbocycles. The Morgan fingerprint density at radius 1 is 1.35 bits per heavy atom. The van der Waals surface area contributed by atoms with Gasteiger partial charge in [-0.25, -0.2) is 0 Å². The molecule has 6 heteroatoms. The molecule has 0 aliphatic heterocycles. The summed E-state index contributed by atoms with van der Waals surface area (Å²) in [4.78, 5) is 5.49. The molecule has 2 aromatic rings. The smallest absolute Gasteiger partial charge is 0.229 e. The van der Waals surface area contributed by atoms with Crippen LogP contribution in [0.4, 0.5) is 0 Å². The number of hydrogen-bond donors (Lipinski definition) is 1. The van der Waals surface area contributed by atoms with Crippen LogP contribution in [-0.2, 0) is 12.2 Å². The van der Waals surface area contributed by atoms with Crippen molar-refractivity contribution >= 4 is 27.7 Å². The van der Waals surface area contributed by atoms with E-state index < -0.39 is 0 Å². The second kappa shape index (κ2) is 6.28. The average Bonchev–Trinajstić information content (AvgIpc) is 3.20. The summed E-state index contributed by atoms with van der Waals surface area (Å²) in [5.41, 5.74) is 0. The number of benzene rings is 1. The highest BCUT2D eigenvalue weighted by atomic mass is 79.9. The fourth-order valence-electron chi connectivity index (χ4n) is 1.94. The van der Waals surface area contributed by atoms with Crippen LogP contribution in [0.25, 0.3) is 0 Å². The maximum atomic E-state index is 9.85. The van der Waals surface area contributed by atoms with Crippen molar-refractivity contribution in [1.29, 1.82) is 0 Å². The van der Waals surface area contributed by atoms with Gasteiger partial charge in [0.2, 0.25) is 5.89 Å². The molecule has 1 fully saturated rings. The van der Waals surface area contributed by atoms with Crippen LogP contribution in [0.2, 0.25) is 0 Å². The van der Waals surface area contributed by atoms with E-state index in [2.05, 4.69) is 26.1 Å². The highest BCUT2D eigenvalue weighted by Crippen LogP contribution is 2.33. The van der Waals surface area contributed by atoms with E-state index in [1.807, 2.05) is 24.3 Å². The summed E-state index contributed by atoms with van der Waals surface area (Å²) in [5.74, 6) is 2.32. The van der Waals surface area contributed by atoms with Crippen LogP contribution < -0.4 is 0 Å². The Morgan fingerprint density at radius 3 is 2.80 bits per heavy atom. The number of nitrogens with zero attached hydrogens (tertiary/aromatic N) is 2. The Bertz CT molecular complexity index is 569. The van der Waals surface area contributed by atoms with E-state index in [9.17, 15) is 5.11 Å². The molecule has 106 valence electrons. The van der Waals surface area contributed by atoms with Gasteiger partial charge in [0, 0.05) is 9.37 Å². The Labute approximate surface area is 130 Å². The zero-order chi connectivity index (χ0) is 13.9. The van der Waals surface area contributed by atoms with Gasteiger partial charge in [0.25, 0.3) is 0 Å². The number of rotatable bonds is 6. The number of thioether (sulfide) groups is 1. The van der Waals surface area contributed by atoms with E-state index in [1.165, 1.54) is 0 Å². The molecule has 1 atom stereocenters. The van der Waals surface area contributed by atoms with E-state index in [1.54, 1.807) is 11.8 Å². The molecule has 20 heavy (non-hydrogen) atoms. The third kappa shape index (κ3) is 3.84. The lowest BCUT2D eigenvalue weighted by Gasteiger charge is -2.03. The van der Waals surface area contributed by atoms with Gasteiger partial charge < -0.3 is 9.63 Å². The summed E-state index contributed by atoms with van der Waals surface area (Å²) in [7, 11) is 0. The molecule has 1 heterocycles. The van der Waals surface area contributed by atoms with Gasteiger partial charge in [-0.3, -0.25) is 0 Å². The second-order valence-electron chi connectivity index (χ2n) is 4.96. The molecule has 0 spiro atoms. The molecule has 1 aliphatic carbocycles. The second-order valence-corrected chi connectivity index (χ2v) is 6.92. The molecule has 0 saturated heterocycles. The van der Waals surface area contributed by atoms with Crippen molar-refractivity contribution in [2.24, 2.45) is 5.92 Å². The van der Waals surface area contributed by atoms with Gasteiger partial charge in [0.15, 0.2) is 5.82 Å². The van der Waals surface area contributed by atoms with E-state index >= 15 is 0 Å². The summed E-state index contributed by atoms with van der Waals surface area (Å²) < 4.78 is 6.25. The number of halogens is 1. The van der Waals surface area contributed by atoms with Gasteiger partial charge in [-0.1, -0.05) is 21.1 Å². The molecular formula is C14H15BrN2O2S. The summed E-state index contributed by atoms with van der Waals surface area (Å²) in [5, 5.41) is 13.8. The predicted octanol–water partition coefficient (Wildman–Crippen LogP) is 3.44. The molecule has 1 aromatic carbocycles. The first-order valence-electron chi connectivity index (χ1n) is 6.58. The van der Waals surface area contributed by atoms with Crippen LogP contribution in [-0.4, -0.2) is 21.4 Å². The van der Waals surface area contributed by atoms with Gasteiger partial charge >= 0.3 is 0 Å². The SMILES string of the molecule is OC(Cc1nc(CSc2ccc(Br)cc2)no1)C1CC1. The first-order valence-corrected chi connectivity index (χ1v) is 8.36. The maximum Gasteiger partial charge on any atom is 0.229 e. The lowest BCUT2D eigenvalue weighted by atomic mass is 10.2. The number of aliphatic hydroxyl groups excluding tert-OH is 1. The highest BCUT2D eigenvalue weighted by molar-refractivity contribution is 9.10. The molecule has 4 nitrogen and oxygen atoms in total. The van der Waals surface area contributed by atoms with Crippen LogP contribution in [0.5, 0.6) is 0 Å². The zero-order valence-electron chi connectivity index (χ0n) is 10.8. The van der Waals surface area contributed by atoms with Crippen molar-refractivity contribution in [2.45, 2.75) is 36.0 Å². The van der Waals surface area contributed by atoms with Crippen molar-refractivity contribution in [3.8, 4) is 0 Å². The fourth-order valence-corrected chi connectivity index (χ4v) is 2.94. The minimum absolute atomic E-state index is 0.331. The van der Waals surface area contributed by atoms with Gasteiger partial charge in [0.05, 0.1) is 18.3 Å². The molecule has 3 rings (SSSR count). The van der Waals surface area contributed by atoms with E-state index in [4.69, 9.17) is 4.52 Å². The lowest BCUT2D eigenvalue weighted by Crippen LogP contribution is -2.12. The van der Waals surface area contributed by atoms with Crippen LogP contribution in [0, 0.1) is 5.92 Å². The molecule has 1 aromatic heterocycles. The van der Waals surface area contributed by atoms with Crippen molar-refractivity contribution in [3.63, 3.8) is 0 Å². The van der Waals surface area contributed by atoms with Crippen molar-refractivity contribution in [2.75, 3.05) is 0 Å². The van der Waals surface area contributed by atoms with Crippen LogP contribution in [0.3, 0.4) is 0 Å². The molecule has 1 aliphatic rings. The van der Waals surface area contributed by atoms with E-state index in [0.717, 1.165) is 22.2 Å². The molecule has 0 bridgehead atoms. The van der Waals surface area contributed by atoms with Gasteiger partial charge in [-0.05, 0) is 43.0 Å². The third-order valence-corrected chi connectivity index (χ3v) is 4.78. The average molecular weight is 355 g/mol. The first kappa shape index (κ1) is 14.1. The number of aromatic nitrogens is 2. The van der Waals surface area contributed by atoms with Crippen LogP contribution in [0.15, 0.2) is 38.2 Å². The van der Waals surface area contributed by atoms with E-state index in [-0.39, 0.29) is 6.10 Å². The number of aliphatic hydroxyl groups is 1. The normalized spacial score (nSPS) is 16.3. The largest absolute Gasteiger partial charge is 0.392 e. The monoisotopic (exact) mass is 354 g/mol. The lowest BCUT2D eigenvalue weighted by molar-refractivity contribution is 0.140. The first-order chi connectivity index (χ1) is 9.70. The van der Waals surface area contributed by atoms with E-state index in [0.29, 0.717) is 29.8 Å². The summed E-state index contributed by atoms with van der Waals surface area (Å²) in [6, 6.07) is 8.12. The molecule has 0 amide bonds. The summed E-state index contributed by atoms with van der Waals surface area (Å²) >= 11 is 5.08. The minimum atomic E-state index is -0.331. The molecule has 0 radical (unpaired) electrons. The fraction of sp³-hybridized carbons (Fsp3) is 0.429. The van der Waals surface area contributed by atoms with Crippen molar-refractivity contribution in [1.82, 2.24) is 10.1 Å². The Balaban J connectivity index is 1.52. The van der Waals surface area contributed by atoms with Crippen molar-refractivity contribution in [3.05, 3.63) is 40.5 Å². The number of hydrogen-bond acceptors (Lipinski definition) is 5. The Hall–Kier alpha value is -0.850. The standard InChI is InChI=1S/C14H15BrN2O2S/c15-10-3-5-11(6-4-10)20-8-13-16-14(19-17-13)7-12(18)9-1-2-9/h3-6,9,12,18H,1-2,7-8H2. The summed E-state index contributed by atoms with van der Waals surface area (Å²) in [6.45, 7) is 0. The predicted molar refractivity (Wildman–Crippen MR) is 80.4 cm³/mol. The third-order valence-electron chi connectivity index (χ3n) is 3.24. The van der Waals surface area contributed by atoms with Gasteiger partial charge in [-0.2, -0.15) is 4.98 Å². The molecular weight excluding hydrogens is 340 g/mol. The summed E-state index contributed by atoms with van der Waals surface area (Å²) in [6.07, 6.45) is 2.37. The van der Waals surface area contributed by atoms with Crippen LogP contribution >= 0.6 is 27.7 Å². The van der Waals surface area contributed by atoms with Crippen LogP contribution in [0.1, 0.15) is 24.6 Å². The zero-order valence-corrected chi connectivity index (χ0v) is 13.2. The molecule has 1 N–H and O–H groups in total. The highest BCUT2D eigenvalue weighted by Gasteiger charge is 2.30. The maximum absolute atomic E-state index is 9.85. The minimum Gasteiger partial charge on any atom is -0.392 e. The van der Waals surface area contributed by atoms with Gasteiger partial charge in [-0.15, -0.1) is 11.8 Å². The quantitative estimate of drug-likeness (QED) is 0.805. The van der Waals surface area contributed by atoms with Gasteiger partial charge in [0.1, 0.15) is 0 Å². The molecule has 1 unspecified atom stereocenters.